The van der Waals surface area contributed by atoms with Crippen LogP contribution < -0.4 is 5.32 Å². The highest BCUT2D eigenvalue weighted by Gasteiger charge is 2.41. The molecule has 0 aromatic carbocycles. The van der Waals surface area contributed by atoms with E-state index in [1.807, 2.05) is 0 Å². The summed E-state index contributed by atoms with van der Waals surface area (Å²) < 4.78 is 0. The molecule has 0 saturated carbocycles. The van der Waals surface area contributed by atoms with E-state index >= 15 is 0 Å². The number of hydrogen-bond donors (Lipinski definition) is 2. The van der Waals surface area contributed by atoms with Gasteiger partial charge < -0.3 is 10.4 Å². The number of aliphatic hydroxyl groups is 1. The highest BCUT2D eigenvalue weighted by atomic mass is 16.3. The second-order valence-electron chi connectivity index (χ2n) is 5.18. The maximum absolute atomic E-state index is 12.0. The fourth-order valence-electron chi connectivity index (χ4n) is 1.43. The van der Waals surface area contributed by atoms with Crippen LogP contribution in [0.2, 0.25) is 0 Å². The van der Waals surface area contributed by atoms with Crippen molar-refractivity contribution in [3.05, 3.63) is 0 Å². The van der Waals surface area contributed by atoms with E-state index in [4.69, 9.17) is 5.11 Å². The number of amides is 1. The Morgan fingerprint density at radius 2 is 1.60 bits per heavy atom. The minimum atomic E-state index is -1.05. The lowest BCUT2D eigenvalue weighted by Gasteiger charge is -2.29. The van der Waals surface area contributed by atoms with Crippen LogP contribution in [-0.2, 0) is 9.59 Å². The van der Waals surface area contributed by atoms with Gasteiger partial charge in [0.2, 0.25) is 5.91 Å². The van der Waals surface area contributed by atoms with Crippen molar-refractivity contribution in [3.63, 3.8) is 0 Å². The molecule has 0 aliphatic carbocycles. The van der Waals surface area contributed by atoms with E-state index in [1.165, 1.54) is 0 Å². The molecule has 0 rings (SSSR count). The SMILES string of the molecule is CC(C)(C)C(=O)C(C)(C)C(=O)NCCO. The van der Waals surface area contributed by atoms with Crippen molar-refractivity contribution in [2.75, 3.05) is 13.2 Å². The molecule has 0 radical (unpaired) electrons. The van der Waals surface area contributed by atoms with E-state index < -0.39 is 10.8 Å². The predicted octanol–water partition coefficient (Wildman–Crippen LogP) is 0.736. The molecule has 0 aliphatic heterocycles. The number of hydrogen-bond acceptors (Lipinski definition) is 3. The highest BCUT2D eigenvalue weighted by molar-refractivity contribution is 6.07. The van der Waals surface area contributed by atoms with Gasteiger partial charge in [0.1, 0.15) is 5.41 Å². The molecule has 4 nitrogen and oxygen atoms in total. The first kappa shape index (κ1) is 14.1. The Labute approximate surface area is 91.1 Å². The van der Waals surface area contributed by atoms with Gasteiger partial charge in [0.25, 0.3) is 0 Å². The third kappa shape index (κ3) is 3.63. The third-order valence-corrected chi connectivity index (χ3v) is 2.21. The van der Waals surface area contributed by atoms with Crippen molar-refractivity contribution < 1.29 is 14.7 Å². The summed E-state index contributed by atoms with van der Waals surface area (Å²) in [7, 11) is 0. The Bertz CT molecular complexity index is 251. The van der Waals surface area contributed by atoms with E-state index in [1.54, 1.807) is 34.6 Å². The van der Waals surface area contributed by atoms with E-state index in [9.17, 15) is 9.59 Å². The van der Waals surface area contributed by atoms with E-state index in [0.717, 1.165) is 0 Å². The summed E-state index contributed by atoms with van der Waals surface area (Å²) in [6, 6.07) is 0. The molecule has 0 aromatic heterocycles. The molecule has 0 aromatic rings. The Morgan fingerprint density at radius 1 is 1.13 bits per heavy atom. The van der Waals surface area contributed by atoms with Gasteiger partial charge >= 0.3 is 0 Å². The molecule has 88 valence electrons. The van der Waals surface area contributed by atoms with E-state index in [-0.39, 0.29) is 24.8 Å². The molecule has 0 spiro atoms. The smallest absolute Gasteiger partial charge is 0.233 e. The normalized spacial score (nSPS) is 12.4. The number of nitrogens with one attached hydrogen (secondary N) is 1. The zero-order valence-electron chi connectivity index (χ0n) is 10.2. The van der Waals surface area contributed by atoms with Crippen LogP contribution >= 0.6 is 0 Å². The topological polar surface area (TPSA) is 66.4 Å². The molecule has 1 amide bonds. The number of carbonyl (C=O) groups is 2. The second-order valence-corrected chi connectivity index (χ2v) is 5.18. The van der Waals surface area contributed by atoms with Crippen molar-refractivity contribution >= 4 is 11.7 Å². The first-order chi connectivity index (χ1) is 6.64. The minimum absolute atomic E-state index is 0.106. The molecular formula is C11H21NO3. The standard InChI is InChI=1S/C11H21NO3/c1-10(2,3)8(14)11(4,5)9(15)12-6-7-13/h13H,6-7H2,1-5H3,(H,12,15). The zero-order valence-corrected chi connectivity index (χ0v) is 10.2. The predicted molar refractivity (Wildman–Crippen MR) is 58.3 cm³/mol. The lowest BCUT2D eigenvalue weighted by Crippen LogP contribution is -2.47. The van der Waals surface area contributed by atoms with Crippen LogP contribution in [0.3, 0.4) is 0 Å². The lowest BCUT2D eigenvalue weighted by molar-refractivity contribution is -0.145. The van der Waals surface area contributed by atoms with Crippen LogP contribution in [0.25, 0.3) is 0 Å². The quantitative estimate of drug-likeness (QED) is 0.680. The number of ketones is 1. The van der Waals surface area contributed by atoms with Crippen LogP contribution in [0.1, 0.15) is 34.6 Å². The van der Waals surface area contributed by atoms with Crippen LogP contribution in [-0.4, -0.2) is 29.9 Å². The Kier molecular flexibility index (Phi) is 4.46. The highest BCUT2D eigenvalue weighted by Crippen LogP contribution is 2.29. The summed E-state index contributed by atoms with van der Waals surface area (Å²) in [4.78, 5) is 23.6. The van der Waals surface area contributed by atoms with Crippen LogP contribution in [0, 0.1) is 10.8 Å². The summed E-state index contributed by atoms with van der Waals surface area (Å²) in [5.74, 6) is -0.443. The molecule has 0 unspecified atom stereocenters. The van der Waals surface area contributed by atoms with Crippen molar-refractivity contribution in [1.29, 1.82) is 0 Å². The number of aliphatic hydroxyl groups excluding tert-OH is 1. The molecule has 2 N–H and O–H groups in total. The van der Waals surface area contributed by atoms with Crippen LogP contribution in [0.5, 0.6) is 0 Å². The molecule has 0 fully saturated rings. The van der Waals surface area contributed by atoms with Crippen molar-refractivity contribution in [2.24, 2.45) is 10.8 Å². The van der Waals surface area contributed by atoms with Crippen LogP contribution in [0.15, 0.2) is 0 Å². The van der Waals surface area contributed by atoms with Crippen molar-refractivity contribution in [3.8, 4) is 0 Å². The van der Waals surface area contributed by atoms with Gasteiger partial charge in [0, 0.05) is 12.0 Å². The molecule has 0 aliphatic rings. The summed E-state index contributed by atoms with van der Waals surface area (Å²) in [5, 5.41) is 11.1. The molecule has 0 bridgehead atoms. The van der Waals surface area contributed by atoms with Gasteiger partial charge in [-0.3, -0.25) is 9.59 Å². The Morgan fingerprint density at radius 3 is 1.93 bits per heavy atom. The molecular weight excluding hydrogens is 194 g/mol. The molecule has 15 heavy (non-hydrogen) atoms. The number of Topliss-reactive ketones (excluding diaryl/α,β-unsaturated/α-hetero) is 1. The van der Waals surface area contributed by atoms with Gasteiger partial charge in [0.15, 0.2) is 5.78 Å². The summed E-state index contributed by atoms with van der Waals surface area (Å²) in [5.41, 5.74) is -1.59. The summed E-state index contributed by atoms with van der Waals surface area (Å²) in [6.07, 6.45) is 0. The Balaban J connectivity index is 4.67. The lowest BCUT2D eigenvalue weighted by atomic mass is 9.74. The van der Waals surface area contributed by atoms with Gasteiger partial charge in [-0.15, -0.1) is 0 Å². The Hall–Kier alpha value is -0.900. The summed E-state index contributed by atoms with van der Waals surface area (Å²) >= 11 is 0. The van der Waals surface area contributed by atoms with Crippen LogP contribution in [0.4, 0.5) is 0 Å². The van der Waals surface area contributed by atoms with Gasteiger partial charge in [-0.2, -0.15) is 0 Å². The van der Waals surface area contributed by atoms with Gasteiger partial charge in [-0.05, 0) is 13.8 Å². The van der Waals surface area contributed by atoms with Gasteiger partial charge in [-0.1, -0.05) is 20.8 Å². The fourth-order valence-corrected chi connectivity index (χ4v) is 1.43. The van der Waals surface area contributed by atoms with E-state index in [2.05, 4.69) is 5.32 Å². The van der Waals surface area contributed by atoms with Gasteiger partial charge in [-0.25, -0.2) is 0 Å². The monoisotopic (exact) mass is 215 g/mol. The zero-order chi connectivity index (χ0) is 12.3. The molecule has 0 atom stereocenters. The maximum atomic E-state index is 12.0. The largest absolute Gasteiger partial charge is 0.395 e. The molecule has 0 saturated heterocycles. The fraction of sp³-hybridized carbons (Fsp3) is 0.818. The first-order valence-corrected chi connectivity index (χ1v) is 5.08. The molecule has 4 heteroatoms. The summed E-state index contributed by atoms with van der Waals surface area (Å²) in [6.45, 7) is 8.63. The second kappa shape index (κ2) is 4.75. The average Bonchev–Trinajstić information content (AvgIpc) is 2.11. The number of rotatable bonds is 4. The number of carbonyl (C=O) groups excluding carboxylic acids is 2. The average molecular weight is 215 g/mol. The first-order valence-electron chi connectivity index (χ1n) is 5.08. The third-order valence-electron chi connectivity index (χ3n) is 2.21. The molecule has 0 heterocycles. The van der Waals surface area contributed by atoms with E-state index in [0.29, 0.717) is 0 Å². The van der Waals surface area contributed by atoms with Crippen molar-refractivity contribution in [1.82, 2.24) is 5.32 Å². The van der Waals surface area contributed by atoms with Gasteiger partial charge in [0.05, 0.1) is 6.61 Å². The minimum Gasteiger partial charge on any atom is -0.395 e. The van der Waals surface area contributed by atoms with Crippen molar-refractivity contribution in [2.45, 2.75) is 34.6 Å². The maximum Gasteiger partial charge on any atom is 0.233 e.